The van der Waals surface area contributed by atoms with Gasteiger partial charge in [-0.25, -0.2) is 9.82 Å². The summed E-state index contributed by atoms with van der Waals surface area (Å²) >= 11 is 0. The number of amides is 1. The molecule has 3 aromatic rings. The van der Waals surface area contributed by atoms with E-state index in [2.05, 4.69) is 10.5 Å². The Labute approximate surface area is 157 Å². The van der Waals surface area contributed by atoms with Crippen molar-refractivity contribution >= 4 is 12.1 Å². The molecule has 0 aromatic heterocycles. The van der Waals surface area contributed by atoms with E-state index in [4.69, 9.17) is 4.74 Å². The Morgan fingerprint density at radius 1 is 0.926 bits per heavy atom. The van der Waals surface area contributed by atoms with Gasteiger partial charge in [-0.15, -0.1) is 0 Å². The molecule has 3 rings (SSSR count). The van der Waals surface area contributed by atoms with Crippen LogP contribution in [0, 0.1) is 5.82 Å². The third-order valence-corrected chi connectivity index (χ3v) is 3.83. The second-order valence-corrected chi connectivity index (χ2v) is 5.91. The van der Waals surface area contributed by atoms with Gasteiger partial charge in [-0.2, -0.15) is 5.10 Å². The lowest BCUT2D eigenvalue weighted by atomic mass is 10.1. The molecule has 0 aliphatic heterocycles. The van der Waals surface area contributed by atoms with Crippen molar-refractivity contribution in [3.8, 4) is 5.75 Å². The molecule has 0 bridgehead atoms. The van der Waals surface area contributed by atoms with Gasteiger partial charge in [-0.05, 0) is 35.4 Å². The number of hydrogen-bond acceptors (Lipinski definition) is 3. The van der Waals surface area contributed by atoms with Gasteiger partial charge >= 0.3 is 0 Å². The SMILES string of the molecule is O=C(Cc1ccc(F)cc1)N/N=C\c1ccccc1OCc1ccccc1. The van der Waals surface area contributed by atoms with Crippen LogP contribution in [0.4, 0.5) is 4.39 Å². The van der Waals surface area contributed by atoms with E-state index in [1.807, 2.05) is 54.6 Å². The summed E-state index contributed by atoms with van der Waals surface area (Å²) in [5.41, 5.74) is 5.02. The van der Waals surface area contributed by atoms with Crippen molar-refractivity contribution in [3.05, 3.63) is 101 Å². The second-order valence-electron chi connectivity index (χ2n) is 5.91. The van der Waals surface area contributed by atoms with E-state index in [1.54, 1.807) is 18.3 Å². The van der Waals surface area contributed by atoms with E-state index in [1.165, 1.54) is 12.1 Å². The van der Waals surface area contributed by atoms with Gasteiger partial charge in [0.15, 0.2) is 0 Å². The number of carbonyl (C=O) groups is 1. The molecule has 27 heavy (non-hydrogen) atoms. The molecule has 5 heteroatoms. The predicted molar refractivity (Wildman–Crippen MR) is 103 cm³/mol. The van der Waals surface area contributed by atoms with Gasteiger partial charge in [0.25, 0.3) is 0 Å². The third-order valence-electron chi connectivity index (χ3n) is 3.83. The molecule has 3 aromatic carbocycles. The summed E-state index contributed by atoms with van der Waals surface area (Å²) in [4.78, 5) is 11.9. The molecular weight excluding hydrogens is 343 g/mol. The van der Waals surface area contributed by atoms with Crippen molar-refractivity contribution in [3.63, 3.8) is 0 Å². The minimum absolute atomic E-state index is 0.129. The highest BCUT2D eigenvalue weighted by atomic mass is 19.1. The minimum atomic E-state index is -0.329. The largest absolute Gasteiger partial charge is 0.488 e. The van der Waals surface area contributed by atoms with Gasteiger partial charge in [-0.3, -0.25) is 4.79 Å². The fourth-order valence-electron chi connectivity index (χ4n) is 2.45. The van der Waals surface area contributed by atoms with E-state index < -0.39 is 0 Å². The lowest BCUT2D eigenvalue weighted by molar-refractivity contribution is -0.120. The van der Waals surface area contributed by atoms with Crippen LogP contribution >= 0.6 is 0 Å². The summed E-state index contributed by atoms with van der Waals surface area (Å²) in [5, 5.41) is 3.99. The van der Waals surface area contributed by atoms with E-state index in [-0.39, 0.29) is 18.1 Å². The van der Waals surface area contributed by atoms with Crippen molar-refractivity contribution in [2.24, 2.45) is 5.10 Å². The maximum atomic E-state index is 12.9. The molecule has 0 aliphatic carbocycles. The van der Waals surface area contributed by atoms with Crippen LogP contribution in [0.5, 0.6) is 5.75 Å². The number of nitrogens with one attached hydrogen (secondary N) is 1. The quantitative estimate of drug-likeness (QED) is 0.508. The predicted octanol–water partition coefficient (Wildman–Crippen LogP) is 4.10. The first-order chi connectivity index (χ1) is 13.2. The van der Waals surface area contributed by atoms with Crippen LogP contribution in [0.25, 0.3) is 0 Å². The van der Waals surface area contributed by atoms with Crippen LogP contribution in [-0.4, -0.2) is 12.1 Å². The summed E-state index contributed by atoms with van der Waals surface area (Å²) in [6.07, 6.45) is 1.67. The van der Waals surface area contributed by atoms with Gasteiger partial charge in [-0.1, -0.05) is 54.6 Å². The maximum Gasteiger partial charge on any atom is 0.244 e. The van der Waals surface area contributed by atoms with Crippen molar-refractivity contribution < 1.29 is 13.9 Å². The number of rotatable bonds is 7. The summed E-state index contributed by atoms with van der Waals surface area (Å²) in [6, 6.07) is 23.1. The highest BCUT2D eigenvalue weighted by Crippen LogP contribution is 2.17. The number of benzene rings is 3. The molecule has 0 atom stereocenters. The Kier molecular flexibility index (Phi) is 6.30. The van der Waals surface area contributed by atoms with Gasteiger partial charge < -0.3 is 4.74 Å². The molecular formula is C22H19FN2O2. The molecule has 0 heterocycles. The molecule has 1 amide bonds. The number of nitrogens with zero attached hydrogens (tertiary/aromatic N) is 1. The Balaban J connectivity index is 1.56. The van der Waals surface area contributed by atoms with Crippen LogP contribution in [0.15, 0.2) is 84.0 Å². The zero-order valence-electron chi connectivity index (χ0n) is 14.6. The van der Waals surface area contributed by atoms with Gasteiger partial charge in [0.2, 0.25) is 5.91 Å². The van der Waals surface area contributed by atoms with Crippen molar-refractivity contribution in [1.82, 2.24) is 5.43 Å². The first-order valence-electron chi connectivity index (χ1n) is 8.53. The summed E-state index contributed by atoms with van der Waals surface area (Å²) < 4.78 is 18.7. The Morgan fingerprint density at radius 3 is 2.41 bits per heavy atom. The average molecular weight is 362 g/mol. The topological polar surface area (TPSA) is 50.7 Å². The number of carbonyl (C=O) groups excluding carboxylic acids is 1. The molecule has 0 saturated heterocycles. The standard InChI is InChI=1S/C22H19FN2O2/c23-20-12-10-17(11-13-20)14-22(26)25-24-15-19-8-4-5-9-21(19)27-16-18-6-2-1-3-7-18/h1-13,15H,14,16H2,(H,25,26)/b24-15-. The molecule has 0 spiro atoms. The highest BCUT2D eigenvalue weighted by molar-refractivity contribution is 5.85. The monoisotopic (exact) mass is 362 g/mol. The van der Waals surface area contributed by atoms with Gasteiger partial charge in [0.1, 0.15) is 18.2 Å². The summed E-state index contributed by atoms with van der Waals surface area (Å²) in [7, 11) is 0. The summed E-state index contributed by atoms with van der Waals surface area (Å²) in [6.45, 7) is 0.447. The second kappa shape index (κ2) is 9.29. The molecule has 0 fully saturated rings. The van der Waals surface area contributed by atoms with Crippen LogP contribution < -0.4 is 10.2 Å². The zero-order chi connectivity index (χ0) is 18.9. The normalized spacial score (nSPS) is 10.7. The van der Waals surface area contributed by atoms with Crippen molar-refractivity contribution in [1.29, 1.82) is 0 Å². The van der Waals surface area contributed by atoms with Crippen LogP contribution in [0.1, 0.15) is 16.7 Å². The molecule has 136 valence electrons. The lowest BCUT2D eigenvalue weighted by Crippen LogP contribution is -2.19. The molecule has 0 unspecified atom stereocenters. The van der Waals surface area contributed by atoms with Crippen LogP contribution in [0.2, 0.25) is 0 Å². The Morgan fingerprint density at radius 2 is 1.63 bits per heavy atom. The van der Waals surface area contributed by atoms with E-state index >= 15 is 0 Å². The fourth-order valence-corrected chi connectivity index (χ4v) is 2.45. The van der Waals surface area contributed by atoms with Crippen LogP contribution in [-0.2, 0) is 17.8 Å². The molecule has 0 radical (unpaired) electrons. The number of hydrazone groups is 1. The third kappa shape index (κ3) is 5.78. The van der Waals surface area contributed by atoms with Crippen molar-refractivity contribution in [2.45, 2.75) is 13.0 Å². The van der Waals surface area contributed by atoms with E-state index in [0.717, 1.165) is 16.7 Å². The number of para-hydroxylation sites is 1. The minimum Gasteiger partial charge on any atom is -0.488 e. The van der Waals surface area contributed by atoms with Crippen LogP contribution in [0.3, 0.4) is 0 Å². The van der Waals surface area contributed by atoms with E-state index in [9.17, 15) is 9.18 Å². The van der Waals surface area contributed by atoms with Gasteiger partial charge in [0, 0.05) is 5.56 Å². The number of ether oxygens (including phenoxy) is 1. The van der Waals surface area contributed by atoms with Crippen molar-refractivity contribution in [2.75, 3.05) is 0 Å². The number of halogens is 1. The van der Waals surface area contributed by atoms with Gasteiger partial charge in [0.05, 0.1) is 12.6 Å². The molecule has 1 N–H and O–H groups in total. The Bertz CT molecular complexity index is 909. The first kappa shape index (κ1) is 18.3. The molecule has 0 aliphatic rings. The Hall–Kier alpha value is -3.47. The molecule has 4 nitrogen and oxygen atoms in total. The highest BCUT2D eigenvalue weighted by Gasteiger charge is 2.04. The zero-order valence-corrected chi connectivity index (χ0v) is 14.6. The average Bonchev–Trinajstić information content (AvgIpc) is 2.70. The summed E-state index contributed by atoms with van der Waals surface area (Å²) in [5.74, 6) is 0.0720. The smallest absolute Gasteiger partial charge is 0.244 e. The van der Waals surface area contributed by atoms with E-state index in [0.29, 0.717) is 12.4 Å². The molecule has 0 saturated carbocycles. The maximum absolute atomic E-state index is 12.9. The number of hydrogen-bond donors (Lipinski definition) is 1. The first-order valence-corrected chi connectivity index (χ1v) is 8.53. The lowest BCUT2D eigenvalue weighted by Gasteiger charge is -2.09. The fraction of sp³-hybridized carbons (Fsp3) is 0.0909.